The van der Waals surface area contributed by atoms with Gasteiger partial charge in [-0.15, -0.1) is 0 Å². The zero-order valence-electron chi connectivity index (χ0n) is 55.1. The largest absolute Gasteiger partial charge is 0.416 e. The van der Waals surface area contributed by atoms with Crippen molar-refractivity contribution in [2.24, 2.45) is 0 Å². The van der Waals surface area contributed by atoms with E-state index in [1.54, 1.807) is 23.1 Å². The molecule has 3 saturated heterocycles. The van der Waals surface area contributed by atoms with E-state index in [1.165, 1.54) is 55.2 Å². The molecule has 6 aromatic rings. The van der Waals surface area contributed by atoms with Gasteiger partial charge in [0.25, 0.3) is 0 Å². The van der Waals surface area contributed by atoms with Crippen LogP contribution in [0.5, 0.6) is 0 Å². The molecule has 0 aromatic heterocycles. The molecule has 4 aliphatic rings. The maximum atomic E-state index is 13.8. The SMILES string of the molecule is CCCC(C)N1CCC(N(Cc2ccccc2)C(=O)Nc2cc(F)cc(C(F)(F)F)c2)CC1.CCCC(C)N1CCC(N(Cc2ccccc2)C(=O)Nc2ccc3c(c2)CCC3)CC1.CCCCN1CCC(N(Cc2ccccc2)C(=O)Nc2ccc(Cl)c(Cl)c2)CC1. The van der Waals surface area contributed by atoms with Crippen molar-refractivity contribution in [2.75, 3.05) is 61.8 Å². The minimum absolute atomic E-state index is 0.0295. The summed E-state index contributed by atoms with van der Waals surface area (Å²) in [4.78, 5) is 53.1. The fourth-order valence-corrected chi connectivity index (χ4v) is 13.7. The number of anilines is 3. The van der Waals surface area contributed by atoms with Gasteiger partial charge < -0.3 is 45.3 Å². The zero-order chi connectivity index (χ0) is 66.3. The monoisotopic (exact) mass is 1320 g/mol. The predicted molar refractivity (Wildman–Crippen MR) is 372 cm³/mol. The van der Waals surface area contributed by atoms with Crippen LogP contribution in [-0.4, -0.2) is 124 Å². The van der Waals surface area contributed by atoms with Crippen LogP contribution in [0.25, 0.3) is 0 Å². The molecule has 0 radical (unpaired) electrons. The third kappa shape index (κ3) is 22.2. The lowest BCUT2D eigenvalue weighted by Gasteiger charge is -2.40. The summed E-state index contributed by atoms with van der Waals surface area (Å²) in [7, 11) is 0. The van der Waals surface area contributed by atoms with E-state index in [1.807, 2.05) is 59.5 Å². The van der Waals surface area contributed by atoms with Crippen molar-refractivity contribution in [3.8, 4) is 0 Å². The molecule has 93 heavy (non-hydrogen) atoms. The number of unbranched alkanes of at least 4 members (excludes halogenated alkanes) is 1. The first-order valence-corrected chi connectivity index (χ1v) is 34.6. The number of nitrogens with one attached hydrogen (secondary N) is 3. The first kappa shape index (κ1) is 72.1. The van der Waals surface area contributed by atoms with Crippen LogP contribution in [0, 0.1) is 5.82 Å². The number of hydrogen-bond acceptors (Lipinski definition) is 6. The van der Waals surface area contributed by atoms with Gasteiger partial charge >= 0.3 is 24.3 Å². The van der Waals surface area contributed by atoms with E-state index >= 15 is 0 Å². The van der Waals surface area contributed by atoms with Crippen LogP contribution in [0.15, 0.2) is 146 Å². The number of carbonyl (C=O) groups excluding carboxylic acids is 3. The Morgan fingerprint density at radius 3 is 1.35 bits per heavy atom. The number of nitrogens with zero attached hydrogens (tertiary/aromatic N) is 6. The van der Waals surface area contributed by atoms with E-state index in [0.29, 0.717) is 53.5 Å². The second kappa shape index (κ2) is 36.3. The molecule has 18 heteroatoms. The highest BCUT2D eigenvalue weighted by Crippen LogP contribution is 2.34. The van der Waals surface area contributed by atoms with Gasteiger partial charge in [0.2, 0.25) is 0 Å². The number of alkyl halides is 3. The van der Waals surface area contributed by atoms with Crippen LogP contribution in [0.2, 0.25) is 10.0 Å². The minimum Gasteiger partial charge on any atom is -0.317 e. The number of urea groups is 3. The summed E-state index contributed by atoms with van der Waals surface area (Å²) in [6, 6.07) is 44.6. The molecule has 0 bridgehead atoms. The van der Waals surface area contributed by atoms with Crippen molar-refractivity contribution in [1.29, 1.82) is 0 Å². The first-order valence-electron chi connectivity index (χ1n) is 33.9. The number of fused-ring (bicyclic) bond motifs is 1. The van der Waals surface area contributed by atoms with Gasteiger partial charge in [-0.1, -0.05) is 160 Å². The second-order valence-corrected chi connectivity index (χ2v) is 26.4. The standard InChI is InChI=1S/C27H37N3O.C25H31F4N3O.C23H29Cl2N3O/c1-3-8-21(2)29-17-15-26(16-18-29)30(20-22-9-5-4-6-10-22)27(31)28-25-14-13-23-11-7-12-24(23)19-25;1-3-7-18(2)31-12-10-23(11-13-31)32(17-19-8-5-4-6-9-19)24(33)30-22-15-20(25(27,28)29)14-21(26)16-22;1-2-3-13-27-14-11-20(12-15-27)28(17-18-7-5-4-6-8-18)23(29)26-19-9-10-21(24)22(25)16-19/h4-6,9-10,13-14,19,21,26H,3,7-8,11-12,15-18,20H2,1-2H3,(H,28,31);4-6,8-9,14-16,18,23H,3,7,10-13,17H2,1-2H3,(H,30,33);4-10,16,20H,2-3,11-15,17H2,1H3,(H,26,29). The third-order valence-corrected chi connectivity index (χ3v) is 19.5. The Labute approximate surface area is 560 Å². The summed E-state index contributed by atoms with van der Waals surface area (Å²) in [6.45, 7) is 19.8. The van der Waals surface area contributed by atoms with E-state index in [-0.39, 0.29) is 35.9 Å². The summed E-state index contributed by atoms with van der Waals surface area (Å²) in [6.07, 6.45) is 11.6. The van der Waals surface area contributed by atoms with Gasteiger partial charge in [-0.05, 0) is 174 Å². The Bertz CT molecular complexity index is 3250. The number of hydrogen-bond donors (Lipinski definition) is 3. The van der Waals surface area contributed by atoms with Crippen molar-refractivity contribution in [3.63, 3.8) is 0 Å². The summed E-state index contributed by atoms with van der Waals surface area (Å²) in [5.41, 5.74) is 6.31. The Morgan fingerprint density at radius 2 is 0.925 bits per heavy atom. The zero-order valence-corrected chi connectivity index (χ0v) is 56.6. The smallest absolute Gasteiger partial charge is 0.317 e. The number of amides is 6. The van der Waals surface area contributed by atoms with Crippen molar-refractivity contribution >= 4 is 58.4 Å². The highest BCUT2D eigenvalue weighted by atomic mass is 35.5. The predicted octanol–water partition coefficient (Wildman–Crippen LogP) is 18.7. The number of likely N-dealkylation sites (tertiary alicyclic amines) is 3. The summed E-state index contributed by atoms with van der Waals surface area (Å²) in [5.74, 6) is -1.05. The topological polar surface area (TPSA) is 107 Å². The average molecular weight is 1320 g/mol. The quantitative estimate of drug-likeness (QED) is 0.0620. The molecule has 0 spiro atoms. The first-order chi connectivity index (χ1) is 44.9. The lowest BCUT2D eigenvalue weighted by molar-refractivity contribution is -0.137. The molecule has 2 atom stereocenters. The fraction of sp³-hybridized carbons (Fsp3) is 0.480. The van der Waals surface area contributed by atoms with E-state index in [0.717, 1.165) is 133 Å². The molecule has 6 aromatic carbocycles. The Balaban J connectivity index is 0.000000180. The molecule has 3 N–H and O–H groups in total. The van der Waals surface area contributed by atoms with Crippen LogP contribution in [0.1, 0.15) is 151 Å². The molecular formula is C75H97Cl2F4N9O3. The number of carbonyl (C=O) groups is 3. The van der Waals surface area contributed by atoms with Gasteiger partial charge in [0.05, 0.1) is 15.6 Å². The van der Waals surface area contributed by atoms with E-state index in [2.05, 4.69) is 125 Å². The maximum absolute atomic E-state index is 13.8. The minimum atomic E-state index is -4.70. The molecule has 3 heterocycles. The van der Waals surface area contributed by atoms with Gasteiger partial charge in [-0.3, -0.25) is 0 Å². The highest BCUT2D eigenvalue weighted by molar-refractivity contribution is 6.42. The van der Waals surface area contributed by atoms with Crippen LogP contribution >= 0.6 is 23.2 Å². The van der Waals surface area contributed by atoms with Gasteiger partial charge in [-0.2, -0.15) is 13.2 Å². The lowest BCUT2D eigenvalue weighted by Crippen LogP contribution is -2.50. The van der Waals surface area contributed by atoms with Crippen molar-refractivity contribution < 1.29 is 31.9 Å². The molecule has 3 aliphatic heterocycles. The average Bonchev–Trinajstić information content (AvgIpc) is 1.50. The highest BCUT2D eigenvalue weighted by Gasteiger charge is 2.35. The number of piperidine rings is 3. The second-order valence-electron chi connectivity index (χ2n) is 25.6. The van der Waals surface area contributed by atoms with Crippen molar-refractivity contribution in [2.45, 2.75) is 187 Å². The Kier molecular flexibility index (Phi) is 28.1. The molecular weight excluding hydrogens is 1220 g/mol. The Hall–Kier alpha value is -6.69. The lowest BCUT2D eigenvalue weighted by atomic mass is 10.00. The molecule has 6 amide bonds. The molecule has 10 rings (SSSR count). The summed E-state index contributed by atoms with van der Waals surface area (Å²) in [5, 5.41) is 9.63. The Morgan fingerprint density at radius 1 is 0.505 bits per heavy atom. The van der Waals surface area contributed by atoms with E-state index in [9.17, 15) is 31.9 Å². The van der Waals surface area contributed by atoms with Crippen LogP contribution in [0.3, 0.4) is 0 Å². The fourth-order valence-electron chi connectivity index (χ4n) is 13.4. The number of halogens is 6. The summed E-state index contributed by atoms with van der Waals surface area (Å²) >= 11 is 12.1. The van der Waals surface area contributed by atoms with Crippen molar-refractivity contribution in [3.05, 3.63) is 195 Å². The van der Waals surface area contributed by atoms with E-state index < -0.39 is 23.6 Å². The number of benzene rings is 6. The molecule has 1 aliphatic carbocycles. The number of rotatable bonds is 21. The number of aryl methyl sites for hydroxylation is 2. The molecule has 0 saturated carbocycles. The van der Waals surface area contributed by atoms with Gasteiger partial charge in [0, 0.05) is 106 Å². The molecule has 12 nitrogen and oxygen atoms in total. The van der Waals surface area contributed by atoms with Gasteiger partial charge in [-0.25, -0.2) is 18.8 Å². The van der Waals surface area contributed by atoms with Gasteiger partial charge in [0.15, 0.2) is 0 Å². The molecule has 2 unspecified atom stereocenters. The van der Waals surface area contributed by atoms with Gasteiger partial charge in [0.1, 0.15) is 5.82 Å². The van der Waals surface area contributed by atoms with Crippen LogP contribution in [0.4, 0.5) is 49.0 Å². The molecule has 3 fully saturated rings. The molecule has 502 valence electrons. The maximum Gasteiger partial charge on any atom is 0.416 e. The summed E-state index contributed by atoms with van der Waals surface area (Å²) < 4.78 is 53.1. The van der Waals surface area contributed by atoms with E-state index in [4.69, 9.17) is 23.2 Å². The van der Waals surface area contributed by atoms with Crippen LogP contribution in [-0.2, 0) is 38.7 Å². The van der Waals surface area contributed by atoms with Crippen molar-refractivity contribution in [1.82, 2.24) is 29.4 Å². The van der Waals surface area contributed by atoms with Crippen LogP contribution < -0.4 is 16.0 Å². The normalized spacial score (nSPS) is 16.5. The third-order valence-electron chi connectivity index (χ3n) is 18.7.